The molecule has 0 amide bonds. The average Bonchev–Trinajstić information content (AvgIpc) is 2.83. The Kier molecular flexibility index (Phi) is 23.2. The molecule has 0 heterocycles. The Labute approximate surface area is 225 Å². The van der Waals surface area contributed by atoms with Crippen molar-refractivity contribution < 1.29 is 34.2 Å². The van der Waals surface area contributed by atoms with E-state index in [4.69, 9.17) is 10.2 Å². The lowest BCUT2D eigenvalue weighted by Crippen LogP contribution is -2.51. The van der Waals surface area contributed by atoms with E-state index >= 15 is 0 Å². The van der Waals surface area contributed by atoms with Crippen molar-refractivity contribution >= 4 is 17.9 Å². The number of carbonyl (C=O) groups excluding carboxylic acids is 1. The maximum absolute atomic E-state index is 11.0. The van der Waals surface area contributed by atoms with Gasteiger partial charge in [0.1, 0.15) is 0 Å². The van der Waals surface area contributed by atoms with Crippen LogP contribution in [-0.2, 0) is 14.4 Å². The molecule has 0 rings (SSSR count). The van der Waals surface area contributed by atoms with Crippen molar-refractivity contribution in [1.29, 1.82) is 0 Å². The molecule has 0 aromatic carbocycles. The number of unbranched alkanes of at least 4 members (excludes halogenated alkanes) is 12. The van der Waals surface area contributed by atoms with Crippen LogP contribution in [0.1, 0.15) is 135 Å². The normalized spacial score (nSPS) is 11.8. The van der Waals surface area contributed by atoms with E-state index in [0.717, 1.165) is 19.4 Å². The first-order valence-electron chi connectivity index (χ1n) is 14.9. The van der Waals surface area contributed by atoms with E-state index in [-0.39, 0.29) is 19.3 Å². The van der Waals surface area contributed by atoms with Crippen LogP contribution >= 0.6 is 0 Å². The van der Waals surface area contributed by atoms with Gasteiger partial charge >= 0.3 is 11.9 Å². The Bertz CT molecular complexity index is 569. The van der Waals surface area contributed by atoms with Gasteiger partial charge in [0, 0.05) is 25.2 Å². The van der Waals surface area contributed by atoms with E-state index in [9.17, 15) is 19.5 Å². The predicted molar refractivity (Wildman–Crippen MR) is 147 cm³/mol. The van der Waals surface area contributed by atoms with Crippen molar-refractivity contribution in [1.82, 2.24) is 0 Å². The fourth-order valence-corrected chi connectivity index (χ4v) is 5.06. The van der Waals surface area contributed by atoms with Gasteiger partial charge in [-0.2, -0.15) is 0 Å². The molecule has 2 N–H and O–H groups in total. The fraction of sp³-hybridized carbons (Fsp3) is 0.833. The number of carbonyl (C=O) groups is 3. The zero-order valence-electron chi connectivity index (χ0n) is 23.6. The number of carboxylic acids is 3. The zero-order chi connectivity index (χ0) is 27.6. The van der Waals surface area contributed by atoms with Gasteiger partial charge in [-0.3, -0.25) is 9.59 Å². The Morgan fingerprint density at radius 3 is 1.38 bits per heavy atom. The van der Waals surface area contributed by atoms with E-state index in [1.165, 1.54) is 77.0 Å². The summed E-state index contributed by atoms with van der Waals surface area (Å²) < 4.78 is 0.613. The number of carboxylic acid groups (broad SMARTS) is 3. The average molecular weight is 526 g/mol. The van der Waals surface area contributed by atoms with Crippen molar-refractivity contribution in [2.75, 3.05) is 26.2 Å². The Morgan fingerprint density at radius 2 is 0.946 bits per heavy atom. The summed E-state index contributed by atoms with van der Waals surface area (Å²) in [5, 5.41) is 29.1. The number of hydrogen-bond donors (Lipinski definition) is 2. The van der Waals surface area contributed by atoms with Gasteiger partial charge in [-0.1, -0.05) is 76.9 Å². The van der Waals surface area contributed by atoms with Crippen LogP contribution in [-0.4, -0.2) is 58.8 Å². The molecular weight excluding hydrogens is 470 g/mol. The third-order valence-corrected chi connectivity index (χ3v) is 7.18. The molecule has 0 radical (unpaired) electrons. The Morgan fingerprint density at radius 1 is 0.568 bits per heavy atom. The van der Waals surface area contributed by atoms with Crippen molar-refractivity contribution in [3.8, 4) is 0 Å². The molecule has 0 saturated carbocycles. The number of nitrogens with zero attached hydrogens (tertiary/aromatic N) is 1. The van der Waals surface area contributed by atoms with Crippen LogP contribution in [0.15, 0.2) is 12.2 Å². The molecule has 37 heavy (non-hydrogen) atoms. The first-order chi connectivity index (χ1) is 17.8. The predicted octanol–water partition coefficient (Wildman–Crippen LogP) is 6.10. The topological polar surface area (TPSA) is 115 Å². The lowest BCUT2D eigenvalue weighted by molar-refractivity contribution is -0.929. The van der Waals surface area contributed by atoms with Crippen LogP contribution in [0.4, 0.5) is 0 Å². The zero-order valence-corrected chi connectivity index (χ0v) is 23.6. The summed E-state index contributed by atoms with van der Waals surface area (Å²) in [6, 6.07) is 0. The van der Waals surface area contributed by atoms with Crippen LogP contribution < -0.4 is 5.11 Å². The summed E-state index contributed by atoms with van der Waals surface area (Å²) in [6.07, 6.45) is 23.6. The first-order valence-corrected chi connectivity index (χ1v) is 14.9. The quantitative estimate of drug-likeness (QED) is 0.0724. The van der Waals surface area contributed by atoms with Crippen molar-refractivity contribution in [2.45, 2.75) is 135 Å². The highest BCUT2D eigenvalue weighted by molar-refractivity contribution is 5.66. The van der Waals surface area contributed by atoms with Crippen LogP contribution in [0.5, 0.6) is 0 Å². The monoisotopic (exact) mass is 525 g/mol. The van der Waals surface area contributed by atoms with E-state index in [2.05, 4.69) is 19.1 Å². The maximum atomic E-state index is 11.0. The van der Waals surface area contributed by atoms with Gasteiger partial charge in [-0.25, -0.2) is 0 Å². The Balaban J connectivity index is 4.26. The SMILES string of the molecule is CCC/C=C/CCCCCCCCCCCCC[N+](CCCC(=O)[O-])(CCCC(=O)O)CCCC(=O)O. The number of aliphatic carboxylic acids is 3. The van der Waals surface area contributed by atoms with Crippen LogP contribution in [0.3, 0.4) is 0 Å². The number of rotatable bonds is 28. The van der Waals surface area contributed by atoms with E-state index in [0.29, 0.717) is 43.4 Å². The summed E-state index contributed by atoms with van der Waals surface area (Å²) >= 11 is 0. The summed E-state index contributed by atoms with van der Waals surface area (Å²) in [4.78, 5) is 33.0. The van der Waals surface area contributed by atoms with Gasteiger partial charge in [-0.05, 0) is 38.5 Å². The molecule has 0 spiro atoms. The second-order valence-corrected chi connectivity index (χ2v) is 10.6. The maximum Gasteiger partial charge on any atom is 0.303 e. The fourth-order valence-electron chi connectivity index (χ4n) is 5.06. The summed E-state index contributed by atoms with van der Waals surface area (Å²) in [7, 11) is 0. The second kappa shape index (κ2) is 24.4. The first kappa shape index (κ1) is 35.1. The second-order valence-electron chi connectivity index (χ2n) is 10.6. The molecule has 0 fully saturated rings. The molecule has 0 unspecified atom stereocenters. The van der Waals surface area contributed by atoms with Gasteiger partial charge in [0.25, 0.3) is 0 Å². The molecule has 0 aliphatic carbocycles. The van der Waals surface area contributed by atoms with Crippen molar-refractivity contribution in [2.24, 2.45) is 0 Å². The van der Waals surface area contributed by atoms with E-state index in [1.807, 2.05) is 0 Å². The molecule has 7 heteroatoms. The number of hydrogen-bond acceptors (Lipinski definition) is 4. The molecule has 0 aliphatic rings. The molecule has 0 aliphatic heterocycles. The Hall–Kier alpha value is -1.89. The highest BCUT2D eigenvalue weighted by Gasteiger charge is 2.26. The molecular formula is C30H55NO6. The highest BCUT2D eigenvalue weighted by atomic mass is 16.4. The minimum Gasteiger partial charge on any atom is -0.550 e. The lowest BCUT2D eigenvalue weighted by atomic mass is 10.0. The molecule has 0 bridgehead atoms. The lowest BCUT2D eigenvalue weighted by Gasteiger charge is -2.39. The molecule has 0 atom stereocenters. The van der Waals surface area contributed by atoms with Crippen molar-refractivity contribution in [3.05, 3.63) is 12.2 Å². The summed E-state index contributed by atoms with van der Waals surface area (Å²) in [5.41, 5.74) is 0. The van der Waals surface area contributed by atoms with E-state index < -0.39 is 17.9 Å². The third-order valence-electron chi connectivity index (χ3n) is 7.18. The van der Waals surface area contributed by atoms with Gasteiger partial charge in [0.05, 0.1) is 39.0 Å². The van der Waals surface area contributed by atoms with Crippen LogP contribution in [0.2, 0.25) is 0 Å². The van der Waals surface area contributed by atoms with Crippen molar-refractivity contribution in [3.63, 3.8) is 0 Å². The molecule has 0 aromatic rings. The smallest absolute Gasteiger partial charge is 0.303 e. The number of quaternary nitrogens is 1. The highest BCUT2D eigenvalue weighted by Crippen LogP contribution is 2.18. The summed E-state index contributed by atoms with van der Waals surface area (Å²) in [5.74, 6) is -2.75. The molecule has 7 nitrogen and oxygen atoms in total. The molecule has 216 valence electrons. The van der Waals surface area contributed by atoms with Crippen LogP contribution in [0.25, 0.3) is 0 Å². The molecule has 0 aromatic heterocycles. The van der Waals surface area contributed by atoms with Gasteiger partial charge < -0.3 is 24.6 Å². The van der Waals surface area contributed by atoms with Gasteiger partial charge in [0.2, 0.25) is 0 Å². The largest absolute Gasteiger partial charge is 0.550 e. The third kappa shape index (κ3) is 24.2. The number of allylic oxidation sites excluding steroid dienone is 2. The minimum atomic E-state index is -1.08. The standard InChI is InChI=1S/C30H55NO6/c1-2-3-4-5-6-7-8-9-10-11-12-13-14-15-16-17-24-31(25-18-21-28(32)33,26-19-22-29(34)35)27-20-23-30(36)37/h4-5H,2-3,6-27H2,1H3,(H2-,32,33,34,35,36,37)/b5-4+. The summed E-state index contributed by atoms with van der Waals surface area (Å²) in [6.45, 7) is 4.98. The molecule has 0 saturated heterocycles. The van der Waals surface area contributed by atoms with Gasteiger partial charge in [0.15, 0.2) is 0 Å². The van der Waals surface area contributed by atoms with Crippen LogP contribution in [0, 0.1) is 0 Å². The van der Waals surface area contributed by atoms with Gasteiger partial charge in [-0.15, -0.1) is 0 Å². The van der Waals surface area contributed by atoms with E-state index in [1.54, 1.807) is 0 Å². The minimum absolute atomic E-state index is 0.0200.